The van der Waals surface area contributed by atoms with Crippen molar-refractivity contribution in [2.24, 2.45) is 10.9 Å². The van der Waals surface area contributed by atoms with Crippen molar-refractivity contribution in [3.63, 3.8) is 0 Å². The highest BCUT2D eigenvalue weighted by molar-refractivity contribution is 6.01. The molecule has 0 spiro atoms. The van der Waals surface area contributed by atoms with E-state index < -0.39 is 6.61 Å². The van der Waals surface area contributed by atoms with Crippen LogP contribution in [0.1, 0.15) is 30.0 Å². The Kier molecular flexibility index (Phi) is 6.80. The van der Waals surface area contributed by atoms with Crippen LogP contribution in [0.25, 0.3) is 11.4 Å². The number of nitrogens with one attached hydrogen (secondary N) is 1. The molecule has 0 aliphatic carbocycles. The maximum atomic E-state index is 12.3. The lowest BCUT2D eigenvalue weighted by atomic mass is 9.95. The van der Waals surface area contributed by atoms with Gasteiger partial charge in [0.25, 0.3) is 5.91 Å². The predicted molar refractivity (Wildman–Crippen MR) is 116 cm³/mol. The number of alkyl halides is 2. The van der Waals surface area contributed by atoms with Crippen LogP contribution in [0.15, 0.2) is 40.0 Å². The topological polar surface area (TPSA) is 107 Å². The second-order valence-corrected chi connectivity index (χ2v) is 7.69. The Morgan fingerprint density at radius 1 is 1.21 bits per heavy atom. The van der Waals surface area contributed by atoms with Crippen LogP contribution in [-0.2, 0) is 17.6 Å². The van der Waals surface area contributed by atoms with Crippen LogP contribution in [0.4, 0.5) is 8.78 Å². The first-order valence-corrected chi connectivity index (χ1v) is 10.3. The third kappa shape index (κ3) is 4.93. The number of carbonyl (C=O) groups excluding carboxylic acids is 1. The normalized spacial score (nSPS) is 16.3. The van der Waals surface area contributed by atoms with Crippen molar-refractivity contribution in [3.05, 3.63) is 47.6 Å². The number of ether oxygens (including phenoxy) is 1. The predicted octanol–water partition coefficient (Wildman–Crippen LogP) is 2.88. The molecule has 0 unspecified atom stereocenters. The molecule has 12 heteroatoms. The average molecular weight is 479 g/mol. The van der Waals surface area contributed by atoms with Gasteiger partial charge < -0.3 is 14.6 Å². The number of rotatable bonds is 6. The van der Waals surface area contributed by atoms with Crippen LogP contribution in [0.3, 0.4) is 0 Å². The van der Waals surface area contributed by atoms with E-state index in [2.05, 4.69) is 30.3 Å². The van der Waals surface area contributed by atoms with Gasteiger partial charge in [0.15, 0.2) is 0 Å². The van der Waals surface area contributed by atoms with E-state index in [9.17, 15) is 13.6 Å². The molecule has 4 heterocycles. The molecule has 1 aromatic carbocycles. The highest BCUT2D eigenvalue weighted by Crippen LogP contribution is 2.27. The third-order valence-electron chi connectivity index (χ3n) is 5.56. The standard InChI is InChI=1S/C21H20F2N6O3.ClH/c22-21(23)31-14-3-1-12(2-4-14)9-18-27-19(28-32-18)15-11-25-29-16(15)10-17(30)26-20(29)13-5-7-24-8-6-13;/h1-4,11,13,21,24H,5-10H2;1H. The second kappa shape index (κ2) is 9.75. The summed E-state index contributed by atoms with van der Waals surface area (Å²) in [4.78, 5) is 21.1. The number of nitrogens with zero attached hydrogens (tertiary/aromatic N) is 5. The molecule has 2 aliphatic rings. The van der Waals surface area contributed by atoms with Crippen LogP contribution < -0.4 is 10.1 Å². The first-order valence-electron chi connectivity index (χ1n) is 10.3. The van der Waals surface area contributed by atoms with Gasteiger partial charge in [0.05, 0.1) is 30.3 Å². The minimum absolute atomic E-state index is 0. The number of hydrogen-bond acceptors (Lipinski definition) is 7. The van der Waals surface area contributed by atoms with Gasteiger partial charge in [-0.2, -0.15) is 23.9 Å². The van der Waals surface area contributed by atoms with Crippen LogP contribution >= 0.6 is 12.4 Å². The van der Waals surface area contributed by atoms with Crippen LogP contribution in [0, 0.1) is 5.92 Å². The summed E-state index contributed by atoms with van der Waals surface area (Å²) >= 11 is 0. The van der Waals surface area contributed by atoms with Crippen LogP contribution in [0.5, 0.6) is 5.75 Å². The zero-order chi connectivity index (χ0) is 22.1. The summed E-state index contributed by atoms with van der Waals surface area (Å²) in [5, 5.41) is 11.8. The van der Waals surface area contributed by atoms with Gasteiger partial charge in [-0.05, 0) is 43.6 Å². The van der Waals surface area contributed by atoms with Crippen molar-refractivity contribution in [2.75, 3.05) is 13.1 Å². The van der Waals surface area contributed by atoms with Gasteiger partial charge in [-0.3, -0.25) is 4.79 Å². The third-order valence-corrected chi connectivity index (χ3v) is 5.56. The van der Waals surface area contributed by atoms with Crippen molar-refractivity contribution in [1.82, 2.24) is 25.2 Å². The Balaban J connectivity index is 0.00000259. The molecule has 2 aliphatic heterocycles. The molecule has 1 saturated heterocycles. The zero-order valence-corrected chi connectivity index (χ0v) is 18.2. The van der Waals surface area contributed by atoms with Crippen molar-refractivity contribution in [2.45, 2.75) is 32.3 Å². The number of aromatic nitrogens is 4. The van der Waals surface area contributed by atoms with E-state index in [0.29, 0.717) is 35.2 Å². The van der Waals surface area contributed by atoms with Gasteiger partial charge in [0, 0.05) is 5.92 Å². The summed E-state index contributed by atoms with van der Waals surface area (Å²) in [7, 11) is 0. The number of benzene rings is 1. The lowest BCUT2D eigenvalue weighted by Gasteiger charge is -2.26. The van der Waals surface area contributed by atoms with Gasteiger partial charge in [0.2, 0.25) is 11.7 Å². The summed E-state index contributed by atoms with van der Waals surface area (Å²) in [5.41, 5.74) is 2.14. The molecule has 1 amide bonds. The lowest BCUT2D eigenvalue weighted by Crippen LogP contribution is -2.38. The molecule has 0 atom stereocenters. The molecule has 1 fully saturated rings. The minimum atomic E-state index is -2.87. The lowest BCUT2D eigenvalue weighted by molar-refractivity contribution is -0.117. The minimum Gasteiger partial charge on any atom is -0.435 e. The molecule has 0 bridgehead atoms. The molecule has 1 N–H and O–H groups in total. The number of hydrogen-bond donors (Lipinski definition) is 1. The zero-order valence-electron chi connectivity index (χ0n) is 17.4. The molecule has 5 rings (SSSR count). The fourth-order valence-corrected chi connectivity index (χ4v) is 4.03. The van der Waals surface area contributed by atoms with Gasteiger partial charge in [0.1, 0.15) is 11.6 Å². The highest BCUT2D eigenvalue weighted by atomic mass is 35.5. The van der Waals surface area contributed by atoms with E-state index in [4.69, 9.17) is 4.52 Å². The fraction of sp³-hybridized carbons (Fsp3) is 0.381. The van der Waals surface area contributed by atoms with E-state index in [1.165, 1.54) is 12.1 Å². The number of carbonyl (C=O) groups is 1. The van der Waals surface area contributed by atoms with Crippen molar-refractivity contribution in [1.29, 1.82) is 0 Å². The van der Waals surface area contributed by atoms with Crippen LogP contribution in [-0.4, -0.2) is 51.4 Å². The van der Waals surface area contributed by atoms with Gasteiger partial charge >= 0.3 is 6.61 Å². The smallest absolute Gasteiger partial charge is 0.387 e. The molecule has 3 aromatic rings. The molecule has 9 nitrogen and oxygen atoms in total. The molecule has 2 aromatic heterocycles. The number of halogens is 3. The van der Waals surface area contributed by atoms with E-state index >= 15 is 0 Å². The molecule has 174 valence electrons. The van der Waals surface area contributed by atoms with Crippen molar-refractivity contribution in [3.8, 4) is 17.1 Å². The Morgan fingerprint density at radius 3 is 2.70 bits per heavy atom. The van der Waals surface area contributed by atoms with E-state index in [1.807, 2.05) is 0 Å². The number of fused-ring (bicyclic) bond motifs is 1. The average Bonchev–Trinajstić information content (AvgIpc) is 3.41. The van der Waals surface area contributed by atoms with Gasteiger partial charge in [-0.1, -0.05) is 17.3 Å². The SMILES string of the molecule is Cl.O=C1Cc2c(-c3noc(Cc4ccc(OC(F)F)cc4)n3)cnn2C(C2CCNCC2)=N1. The Morgan fingerprint density at radius 2 is 1.97 bits per heavy atom. The quantitative estimate of drug-likeness (QED) is 0.580. The maximum Gasteiger partial charge on any atom is 0.387 e. The fourth-order valence-electron chi connectivity index (χ4n) is 4.03. The monoisotopic (exact) mass is 478 g/mol. The number of piperidine rings is 1. The molecule has 0 saturated carbocycles. The summed E-state index contributed by atoms with van der Waals surface area (Å²) in [5.74, 6) is 1.43. The van der Waals surface area contributed by atoms with Crippen molar-refractivity contribution >= 4 is 24.1 Å². The summed E-state index contributed by atoms with van der Waals surface area (Å²) < 4.78 is 36.0. The summed E-state index contributed by atoms with van der Waals surface area (Å²) in [6.45, 7) is -1.11. The Bertz CT molecular complexity index is 1160. The van der Waals surface area contributed by atoms with Crippen molar-refractivity contribution < 1.29 is 22.8 Å². The molecular weight excluding hydrogens is 458 g/mol. The molecule has 0 radical (unpaired) electrons. The first-order chi connectivity index (χ1) is 15.6. The Labute approximate surface area is 193 Å². The first kappa shape index (κ1) is 23.0. The number of aliphatic imine (C=N–C) groups is 1. The molecular formula is C21H21ClF2N6O3. The number of amides is 1. The van der Waals surface area contributed by atoms with Crippen LogP contribution in [0.2, 0.25) is 0 Å². The Hall–Kier alpha value is -3.18. The summed E-state index contributed by atoms with van der Waals surface area (Å²) in [6.07, 6.45) is 3.88. The van der Waals surface area contributed by atoms with Gasteiger partial charge in [-0.25, -0.2) is 4.68 Å². The van der Waals surface area contributed by atoms with E-state index in [1.54, 1.807) is 23.0 Å². The molecule has 33 heavy (non-hydrogen) atoms. The second-order valence-electron chi connectivity index (χ2n) is 7.69. The van der Waals surface area contributed by atoms with E-state index in [-0.39, 0.29) is 36.4 Å². The maximum absolute atomic E-state index is 12.3. The largest absolute Gasteiger partial charge is 0.435 e. The summed E-state index contributed by atoms with van der Waals surface area (Å²) in [6, 6.07) is 6.23. The highest BCUT2D eigenvalue weighted by Gasteiger charge is 2.30. The van der Waals surface area contributed by atoms with E-state index in [0.717, 1.165) is 31.5 Å². The van der Waals surface area contributed by atoms with Gasteiger partial charge in [-0.15, -0.1) is 12.4 Å².